The predicted octanol–water partition coefficient (Wildman–Crippen LogP) is 7.25. The highest BCUT2D eigenvalue weighted by molar-refractivity contribution is 9.10. The summed E-state index contributed by atoms with van der Waals surface area (Å²) in [5.74, 6) is 0.390. The Morgan fingerprint density at radius 1 is 0.800 bits per heavy atom. The predicted molar refractivity (Wildman–Crippen MR) is 145 cm³/mol. The van der Waals surface area contributed by atoms with Gasteiger partial charge in [0.25, 0.3) is 5.91 Å². The number of carbonyl (C=O) groups is 1. The fourth-order valence-corrected chi connectivity index (χ4v) is 5.33. The number of rotatable bonds is 3. The number of amides is 1. The van der Waals surface area contributed by atoms with Crippen molar-refractivity contribution in [2.75, 3.05) is 15.2 Å². The molecule has 0 fully saturated rings. The topological polar surface area (TPSA) is 47.9 Å². The monoisotopic (exact) mass is 562 g/mol. The lowest BCUT2D eigenvalue weighted by Crippen LogP contribution is -2.58. The zero-order valence-corrected chi connectivity index (χ0v) is 21.2. The molecule has 4 aromatic carbocycles. The first-order valence-electron chi connectivity index (χ1n) is 10.9. The van der Waals surface area contributed by atoms with E-state index in [2.05, 4.69) is 21.2 Å². The molecular formula is C27H17BrCl2N4O. The van der Waals surface area contributed by atoms with E-state index in [1.165, 1.54) is 0 Å². The van der Waals surface area contributed by atoms with Crippen LogP contribution in [0.25, 0.3) is 0 Å². The summed E-state index contributed by atoms with van der Waals surface area (Å²) in [6.07, 6.45) is 0. The average molecular weight is 564 g/mol. The van der Waals surface area contributed by atoms with Crippen LogP contribution in [0.4, 0.5) is 17.1 Å². The SMILES string of the molecule is O=C1Nc2ccc(Br)cc2C12N(c1ccc(Cl)cc1)N=C(c1ccccc1)N2c1cccc(Cl)c1. The van der Waals surface area contributed by atoms with E-state index in [0.717, 1.165) is 27.0 Å². The second-order valence-electron chi connectivity index (χ2n) is 8.21. The van der Waals surface area contributed by atoms with Gasteiger partial charge in [-0.15, -0.1) is 0 Å². The summed E-state index contributed by atoms with van der Waals surface area (Å²) in [5, 5.41) is 11.1. The van der Waals surface area contributed by atoms with Crippen LogP contribution in [0.2, 0.25) is 10.0 Å². The smallest absolute Gasteiger partial charge is 0.278 e. The molecule has 6 rings (SSSR count). The number of nitrogens with zero attached hydrogens (tertiary/aromatic N) is 3. The highest BCUT2D eigenvalue weighted by atomic mass is 79.9. The molecule has 2 aliphatic heterocycles. The molecule has 0 aromatic heterocycles. The molecule has 1 amide bonds. The van der Waals surface area contributed by atoms with E-state index in [1.807, 2.05) is 89.8 Å². The molecule has 2 heterocycles. The standard InChI is InChI=1S/C27H17BrCl2N4O/c28-18-9-14-24-23(15-18)27(26(35)31-24)33(22-8-4-7-20(30)16-22)25(17-5-2-1-3-6-17)32-34(27)21-12-10-19(29)11-13-21/h1-16H,(H,31,35). The Bertz CT molecular complexity index is 1490. The summed E-state index contributed by atoms with van der Waals surface area (Å²) in [5.41, 5.74) is 2.45. The lowest BCUT2D eigenvalue weighted by Gasteiger charge is -2.40. The van der Waals surface area contributed by atoms with Crippen molar-refractivity contribution >= 4 is 67.9 Å². The molecule has 0 saturated heterocycles. The first kappa shape index (κ1) is 22.2. The largest absolute Gasteiger partial charge is 0.322 e. The number of fused-ring (bicyclic) bond motifs is 2. The molecule has 1 atom stereocenters. The zero-order chi connectivity index (χ0) is 24.2. The minimum absolute atomic E-state index is 0.227. The molecular weight excluding hydrogens is 547 g/mol. The summed E-state index contributed by atoms with van der Waals surface area (Å²) in [7, 11) is 0. The van der Waals surface area contributed by atoms with E-state index in [4.69, 9.17) is 28.3 Å². The number of nitrogens with one attached hydrogen (secondary N) is 1. The molecule has 1 N–H and O–H groups in total. The summed E-state index contributed by atoms with van der Waals surface area (Å²) < 4.78 is 0.849. The maximum Gasteiger partial charge on any atom is 0.278 e. The number of anilines is 3. The fourth-order valence-electron chi connectivity index (χ4n) is 4.66. The highest BCUT2D eigenvalue weighted by Crippen LogP contribution is 2.51. The van der Waals surface area contributed by atoms with Crippen molar-refractivity contribution in [1.29, 1.82) is 0 Å². The van der Waals surface area contributed by atoms with Crippen LogP contribution in [0.1, 0.15) is 11.1 Å². The number of hydrogen-bond acceptors (Lipinski definition) is 4. The van der Waals surface area contributed by atoms with Crippen LogP contribution in [-0.2, 0) is 10.5 Å². The molecule has 4 aromatic rings. The summed E-state index contributed by atoms with van der Waals surface area (Å²) in [4.78, 5) is 16.1. The van der Waals surface area contributed by atoms with Gasteiger partial charge in [-0.3, -0.25) is 9.69 Å². The molecule has 2 aliphatic rings. The number of amidine groups is 1. The Hall–Kier alpha value is -3.32. The van der Waals surface area contributed by atoms with Crippen molar-refractivity contribution in [2.24, 2.45) is 5.10 Å². The Morgan fingerprint density at radius 3 is 2.31 bits per heavy atom. The molecule has 8 heteroatoms. The molecule has 1 unspecified atom stereocenters. The molecule has 172 valence electrons. The molecule has 0 saturated carbocycles. The van der Waals surface area contributed by atoms with Crippen molar-refractivity contribution in [3.63, 3.8) is 0 Å². The van der Waals surface area contributed by atoms with E-state index >= 15 is 0 Å². The van der Waals surface area contributed by atoms with Crippen LogP contribution in [0.15, 0.2) is 107 Å². The number of halogens is 3. The van der Waals surface area contributed by atoms with E-state index in [1.54, 1.807) is 17.1 Å². The molecule has 0 aliphatic carbocycles. The van der Waals surface area contributed by atoms with Gasteiger partial charge in [-0.05, 0) is 60.7 Å². The minimum atomic E-state index is -1.34. The van der Waals surface area contributed by atoms with Gasteiger partial charge in [0.05, 0.1) is 5.69 Å². The Labute approximate surface area is 220 Å². The summed E-state index contributed by atoms with van der Waals surface area (Å²) >= 11 is 16.2. The van der Waals surface area contributed by atoms with Crippen molar-refractivity contribution in [3.05, 3.63) is 123 Å². The second kappa shape index (κ2) is 8.41. The second-order valence-corrected chi connectivity index (χ2v) is 10.00. The molecule has 5 nitrogen and oxygen atoms in total. The van der Waals surface area contributed by atoms with Gasteiger partial charge in [0.1, 0.15) is 0 Å². The van der Waals surface area contributed by atoms with Gasteiger partial charge in [0.15, 0.2) is 5.84 Å². The van der Waals surface area contributed by atoms with E-state index in [-0.39, 0.29) is 5.91 Å². The third-order valence-electron chi connectivity index (χ3n) is 6.13. The fraction of sp³-hybridized carbons (Fsp3) is 0.0370. The maximum absolute atomic E-state index is 14.1. The number of hydrogen-bond donors (Lipinski definition) is 1. The first-order valence-corrected chi connectivity index (χ1v) is 12.4. The summed E-state index contributed by atoms with van der Waals surface area (Å²) in [6, 6.07) is 30.3. The number of hydrazone groups is 1. The van der Waals surface area contributed by atoms with Crippen molar-refractivity contribution in [1.82, 2.24) is 0 Å². The van der Waals surface area contributed by atoms with Gasteiger partial charge in [0, 0.05) is 37.0 Å². The normalized spacial score (nSPS) is 18.6. The highest BCUT2D eigenvalue weighted by Gasteiger charge is 2.61. The number of benzene rings is 4. The lowest BCUT2D eigenvalue weighted by molar-refractivity contribution is -0.120. The van der Waals surface area contributed by atoms with Gasteiger partial charge in [0.2, 0.25) is 5.66 Å². The van der Waals surface area contributed by atoms with Gasteiger partial charge in [-0.1, -0.05) is 75.5 Å². The third kappa shape index (κ3) is 3.44. The van der Waals surface area contributed by atoms with Gasteiger partial charge >= 0.3 is 0 Å². The van der Waals surface area contributed by atoms with Crippen LogP contribution < -0.4 is 15.2 Å². The Balaban J connectivity index is 1.70. The first-order chi connectivity index (χ1) is 17.0. The van der Waals surface area contributed by atoms with Crippen LogP contribution in [0, 0.1) is 0 Å². The summed E-state index contributed by atoms with van der Waals surface area (Å²) in [6.45, 7) is 0. The van der Waals surface area contributed by atoms with Crippen LogP contribution in [0.5, 0.6) is 0 Å². The Morgan fingerprint density at radius 2 is 1.57 bits per heavy atom. The zero-order valence-electron chi connectivity index (χ0n) is 18.1. The molecule has 0 radical (unpaired) electrons. The minimum Gasteiger partial charge on any atom is -0.322 e. The van der Waals surface area contributed by atoms with Crippen LogP contribution in [-0.4, -0.2) is 11.7 Å². The van der Waals surface area contributed by atoms with Crippen LogP contribution in [0.3, 0.4) is 0 Å². The van der Waals surface area contributed by atoms with Crippen molar-refractivity contribution in [2.45, 2.75) is 5.66 Å². The Kier molecular flexibility index (Phi) is 5.33. The van der Waals surface area contributed by atoms with Crippen LogP contribution >= 0.6 is 39.1 Å². The van der Waals surface area contributed by atoms with Crippen molar-refractivity contribution < 1.29 is 4.79 Å². The quantitative estimate of drug-likeness (QED) is 0.285. The van der Waals surface area contributed by atoms with E-state index in [9.17, 15) is 4.79 Å². The van der Waals surface area contributed by atoms with Gasteiger partial charge in [-0.2, -0.15) is 5.10 Å². The molecule has 0 bridgehead atoms. The van der Waals surface area contributed by atoms with Gasteiger partial charge in [-0.25, -0.2) is 5.01 Å². The third-order valence-corrected chi connectivity index (χ3v) is 7.11. The molecule has 35 heavy (non-hydrogen) atoms. The maximum atomic E-state index is 14.1. The average Bonchev–Trinajstić information content (AvgIpc) is 3.36. The lowest BCUT2D eigenvalue weighted by atomic mass is 9.96. The van der Waals surface area contributed by atoms with E-state index in [0.29, 0.717) is 21.6 Å². The molecule has 1 spiro atoms. The number of carbonyl (C=O) groups excluding carboxylic acids is 1. The van der Waals surface area contributed by atoms with Gasteiger partial charge < -0.3 is 5.32 Å². The van der Waals surface area contributed by atoms with Crippen molar-refractivity contribution in [3.8, 4) is 0 Å². The van der Waals surface area contributed by atoms with E-state index < -0.39 is 5.66 Å².